The summed E-state index contributed by atoms with van der Waals surface area (Å²) in [5.41, 5.74) is 4.34. The fourth-order valence-corrected chi connectivity index (χ4v) is 5.47. The highest BCUT2D eigenvalue weighted by atomic mass is 79.9. The molecule has 2 heterocycles. The van der Waals surface area contributed by atoms with Crippen LogP contribution >= 0.6 is 15.9 Å². The largest absolute Gasteiger partial charge is 0.436 e. The van der Waals surface area contributed by atoms with E-state index in [1.54, 1.807) is 6.07 Å². The smallest absolute Gasteiger partial charge is 0.251 e. The number of carbonyl (C=O) groups is 1. The molecule has 1 amide bonds. The number of aromatic nitrogens is 1. The number of halogens is 1. The van der Waals surface area contributed by atoms with Crippen LogP contribution in [0.3, 0.4) is 0 Å². The first kappa shape index (κ1) is 25.4. The number of amides is 1. The van der Waals surface area contributed by atoms with Gasteiger partial charge in [-0.15, -0.1) is 0 Å². The molecule has 2 atom stereocenters. The molecule has 37 heavy (non-hydrogen) atoms. The number of fused-ring (bicyclic) bond motifs is 1. The minimum Gasteiger partial charge on any atom is -0.436 e. The molecule has 0 spiro atoms. The van der Waals surface area contributed by atoms with Gasteiger partial charge in [0.1, 0.15) is 5.52 Å². The summed E-state index contributed by atoms with van der Waals surface area (Å²) in [6.45, 7) is 8.01. The lowest BCUT2D eigenvalue weighted by molar-refractivity contribution is 0.0947. The molecule has 2 aliphatic rings. The molecule has 1 aromatic heterocycles. The van der Waals surface area contributed by atoms with Crippen LogP contribution < -0.4 is 5.32 Å². The fraction of sp³-hybridized carbons (Fsp3) is 0.367. The van der Waals surface area contributed by atoms with Gasteiger partial charge in [0.05, 0.1) is 11.6 Å². The van der Waals surface area contributed by atoms with E-state index in [2.05, 4.69) is 69.3 Å². The van der Waals surface area contributed by atoms with Gasteiger partial charge in [-0.2, -0.15) is 5.26 Å². The lowest BCUT2D eigenvalue weighted by Crippen LogP contribution is -2.32. The number of hydrogen-bond donors (Lipinski definition) is 1. The number of rotatable bonds is 7. The Labute approximate surface area is 226 Å². The van der Waals surface area contributed by atoms with E-state index in [4.69, 9.17) is 4.42 Å². The van der Waals surface area contributed by atoms with Crippen LogP contribution in [0.2, 0.25) is 0 Å². The van der Waals surface area contributed by atoms with Crippen LogP contribution in [0.4, 0.5) is 0 Å². The highest BCUT2D eigenvalue weighted by Crippen LogP contribution is 2.31. The number of nitrogens with one attached hydrogen (secondary N) is 1. The van der Waals surface area contributed by atoms with Crippen molar-refractivity contribution in [3.05, 3.63) is 75.8 Å². The summed E-state index contributed by atoms with van der Waals surface area (Å²) in [5.74, 6) is 1.68. The Bertz CT molecular complexity index is 1400. The van der Waals surface area contributed by atoms with Gasteiger partial charge in [-0.1, -0.05) is 48.0 Å². The van der Waals surface area contributed by atoms with Crippen LogP contribution in [0.15, 0.2) is 63.5 Å². The van der Waals surface area contributed by atoms with E-state index in [1.807, 2.05) is 30.3 Å². The molecule has 6 nitrogen and oxygen atoms in total. The Morgan fingerprint density at radius 3 is 2.81 bits per heavy atom. The first-order chi connectivity index (χ1) is 17.9. The quantitative estimate of drug-likeness (QED) is 0.363. The summed E-state index contributed by atoms with van der Waals surface area (Å²) in [6, 6.07) is 13.2. The minimum absolute atomic E-state index is 0.0616. The van der Waals surface area contributed by atoms with Crippen molar-refractivity contribution in [2.75, 3.05) is 26.2 Å². The molecule has 5 rings (SSSR count). The van der Waals surface area contributed by atoms with Crippen LogP contribution in [0.1, 0.15) is 54.1 Å². The lowest BCUT2D eigenvalue weighted by atomic mass is 10.00. The number of carbonyl (C=O) groups excluding carboxylic acids is 1. The molecule has 1 aliphatic carbocycles. The van der Waals surface area contributed by atoms with Gasteiger partial charge in [0, 0.05) is 40.8 Å². The van der Waals surface area contributed by atoms with Gasteiger partial charge in [0.25, 0.3) is 5.91 Å². The summed E-state index contributed by atoms with van der Waals surface area (Å²) >= 11 is 3.53. The molecule has 2 aromatic carbocycles. The Morgan fingerprint density at radius 1 is 1.30 bits per heavy atom. The highest BCUT2D eigenvalue weighted by molar-refractivity contribution is 9.11. The van der Waals surface area contributed by atoms with Crippen LogP contribution in [0.25, 0.3) is 22.6 Å². The van der Waals surface area contributed by atoms with Crippen molar-refractivity contribution in [2.24, 2.45) is 11.8 Å². The number of hydrogen-bond acceptors (Lipinski definition) is 5. The SMILES string of the molecule is CC(C)c1cc(C#N)cc2nc(-c3ccc(C(=O)NCC4CCN(CC5C=CC(Br)=CC5)C4)cc3)oc12. The predicted octanol–water partition coefficient (Wildman–Crippen LogP) is 6.40. The van der Waals surface area contributed by atoms with Crippen molar-refractivity contribution in [3.63, 3.8) is 0 Å². The van der Waals surface area contributed by atoms with Crippen molar-refractivity contribution in [1.82, 2.24) is 15.2 Å². The van der Waals surface area contributed by atoms with E-state index in [1.165, 1.54) is 4.48 Å². The van der Waals surface area contributed by atoms with Gasteiger partial charge in [-0.3, -0.25) is 4.79 Å². The second kappa shape index (κ2) is 11.0. The highest BCUT2D eigenvalue weighted by Gasteiger charge is 2.25. The summed E-state index contributed by atoms with van der Waals surface area (Å²) in [4.78, 5) is 19.9. The summed E-state index contributed by atoms with van der Waals surface area (Å²) in [5, 5.41) is 12.5. The number of benzene rings is 2. The third-order valence-corrected chi connectivity index (χ3v) is 7.81. The molecule has 190 valence electrons. The number of nitrogens with zero attached hydrogens (tertiary/aromatic N) is 3. The molecule has 1 N–H and O–H groups in total. The van der Waals surface area contributed by atoms with E-state index in [0.717, 1.165) is 43.6 Å². The van der Waals surface area contributed by atoms with Crippen molar-refractivity contribution >= 4 is 32.9 Å². The molecule has 2 unspecified atom stereocenters. The number of likely N-dealkylation sites (tertiary alicyclic amines) is 1. The molecule has 0 bridgehead atoms. The van der Waals surface area contributed by atoms with Gasteiger partial charge in [-0.25, -0.2) is 4.98 Å². The lowest BCUT2D eigenvalue weighted by Gasteiger charge is -2.22. The first-order valence-corrected chi connectivity index (χ1v) is 13.7. The van der Waals surface area contributed by atoms with Gasteiger partial charge in [0.15, 0.2) is 5.58 Å². The van der Waals surface area contributed by atoms with Crippen LogP contribution in [-0.4, -0.2) is 42.0 Å². The standard InChI is InChI=1S/C30H31BrN4O2/c1-19(2)26-13-22(15-32)14-27-28(26)37-30(34-27)24-7-5-23(6-8-24)29(36)33-16-21-11-12-35(18-21)17-20-3-9-25(31)10-4-20/h3,5-10,13-14,19-21H,4,11-12,16-18H2,1-2H3,(H,33,36). The maximum Gasteiger partial charge on any atom is 0.251 e. The molecule has 7 heteroatoms. The third kappa shape index (κ3) is 5.87. The molecule has 0 radical (unpaired) electrons. The topological polar surface area (TPSA) is 82.2 Å². The van der Waals surface area contributed by atoms with Gasteiger partial charge in [-0.05, 0) is 73.5 Å². The monoisotopic (exact) mass is 558 g/mol. The molecule has 1 saturated heterocycles. The summed E-state index contributed by atoms with van der Waals surface area (Å²) in [7, 11) is 0. The fourth-order valence-electron chi connectivity index (χ4n) is 5.13. The molecular weight excluding hydrogens is 528 g/mol. The first-order valence-electron chi connectivity index (χ1n) is 12.9. The summed E-state index contributed by atoms with van der Waals surface area (Å²) < 4.78 is 7.26. The maximum atomic E-state index is 12.8. The van der Waals surface area contributed by atoms with E-state index in [-0.39, 0.29) is 11.8 Å². The van der Waals surface area contributed by atoms with Crippen molar-refractivity contribution in [2.45, 2.75) is 32.6 Å². The Balaban J connectivity index is 1.18. The molecule has 1 aliphatic heterocycles. The third-order valence-electron chi connectivity index (χ3n) is 7.22. The molecule has 0 saturated carbocycles. The Kier molecular flexibility index (Phi) is 7.59. The second-order valence-corrected chi connectivity index (χ2v) is 11.3. The predicted molar refractivity (Wildman–Crippen MR) is 149 cm³/mol. The minimum atomic E-state index is -0.0616. The van der Waals surface area contributed by atoms with Gasteiger partial charge >= 0.3 is 0 Å². The number of allylic oxidation sites excluding steroid dienone is 3. The van der Waals surface area contributed by atoms with Crippen molar-refractivity contribution < 1.29 is 9.21 Å². The molecular formula is C30H31BrN4O2. The molecule has 3 aromatic rings. The van der Waals surface area contributed by atoms with Gasteiger partial charge in [0.2, 0.25) is 5.89 Å². The van der Waals surface area contributed by atoms with Crippen LogP contribution in [0.5, 0.6) is 0 Å². The van der Waals surface area contributed by atoms with Crippen LogP contribution in [-0.2, 0) is 0 Å². The number of nitriles is 1. The Hall–Kier alpha value is -3.21. The van der Waals surface area contributed by atoms with Crippen molar-refractivity contribution in [1.29, 1.82) is 5.26 Å². The zero-order chi connectivity index (χ0) is 25.9. The number of oxazole rings is 1. The summed E-state index contributed by atoms with van der Waals surface area (Å²) in [6.07, 6.45) is 8.86. The van der Waals surface area contributed by atoms with E-state index >= 15 is 0 Å². The van der Waals surface area contributed by atoms with E-state index < -0.39 is 0 Å². The zero-order valence-electron chi connectivity index (χ0n) is 21.2. The van der Waals surface area contributed by atoms with Gasteiger partial charge < -0.3 is 14.6 Å². The normalized spacial score (nSPS) is 19.8. The maximum absolute atomic E-state index is 12.8. The molecule has 1 fully saturated rings. The Morgan fingerprint density at radius 2 is 2.11 bits per heavy atom. The average Bonchev–Trinajstić information content (AvgIpc) is 3.54. The zero-order valence-corrected chi connectivity index (χ0v) is 22.8. The van der Waals surface area contributed by atoms with E-state index in [0.29, 0.717) is 46.5 Å². The second-order valence-electron chi connectivity index (χ2n) is 10.3. The van der Waals surface area contributed by atoms with Crippen LogP contribution in [0, 0.1) is 23.2 Å². The average molecular weight is 560 g/mol. The van der Waals surface area contributed by atoms with E-state index in [9.17, 15) is 10.1 Å². The van der Waals surface area contributed by atoms with Crippen molar-refractivity contribution in [3.8, 4) is 17.5 Å².